The molecule has 0 saturated heterocycles. The van der Waals surface area contributed by atoms with Gasteiger partial charge in [-0.05, 0) is 46.9 Å². The molecule has 3 rings (SSSR count). The first-order valence-corrected chi connectivity index (χ1v) is 8.37. The van der Waals surface area contributed by atoms with Crippen molar-refractivity contribution in [2.45, 2.75) is 33.1 Å². The summed E-state index contributed by atoms with van der Waals surface area (Å²) in [6, 6.07) is 9.35. The summed E-state index contributed by atoms with van der Waals surface area (Å²) < 4.78 is 23.8. The Hall–Kier alpha value is -1.26. The topological polar surface area (TPSA) is 57.2 Å². The van der Waals surface area contributed by atoms with Crippen LogP contribution in [0.1, 0.15) is 38.7 Å². The maximum atomic E-state index is 12.6. The van der Waals surface area contributed by atoms with E-state index in [2.05, 4.69) is 0 Å². The summed E-state index contributed by atoms with van der Waals surface area (Å²) in [6.45, 7) is 4.09. The Morgan fingerprint density at radius 2 is 2.00 bits per heavy atom. The summed E-state index contributed by atoms with van der Waals surface area (Å²) in [5.41, 5.74) is -0.296. The number of allylic oxidation sites excluding steroid dienone is 1. The first-order chi connectivity index (χ1) is 9.89. The smallest absolute Gasteiger partial charge is 0.144 e. The van der Waals surface area contributed by atoms with Gasteiger partial charge in [0.2, 0.25) is 0 Å². The highest BCUT2D eigenvalue weighted by molar-refractivity contribution is 7.83. The van der Waals surface area contributed by atoms with Crippen molar-refractivity contribution in [3.8, 4) is 0 Å². The van der Waals surface area contributed by atoms with Crippen LogP contribution in [0, 0.1) is 16.7 Å². The Balaban J connectivity index is 2.16. The highest BCUT2D eigenvalue weighted by Crippen LogP contribution is 2.67. The van der Waals surface area contributed by atoms with E-state index >= 15 is 0 Å². The summed E-state index contributed by atoms with van der Waals surface area (Å²) in [5, 5.41) is 0. The molecule has 0 aliphatic heterocycles. The van der Waals surface area contributed by atoms with Gasteiger partial charge in [0.1, 0.15) is 5.78 Å². The molecule has 0 N–H and O–H groups in total. The van der Waals surface area contributed by atoms with E-state index in [1.165, 1.54) is 0 Å². The highest BCUT2D eigenvalue weighted by Gasteiger charge is 2.65. The molecule has 2 bridgehead atoms. The fourth-order valence-electron chi connectivity index (χ4n) is 4.27. The Bertz CT molecular complexity index is 633. The van der Waals surface area contributed by atoms with E-state index in [-0.39, 0.29) is 16.1 Å². The Morgan fingerprint density at radius 3 is 2.48 bits per heavy atom. The fraction of sp³-hybridized carbons (Fsp3) is 0.471. The van der Waals surface area contributed by atoms with Gasteiger partial charge < -0.3 is 4.55 Å². The quantitative estimate of drug-likeness (QED) is 0.805. The summed E-state index contributed by atoms with van der Waals surface area (Å²) >= 11 is -2.38. The number of carbonyl (C=O) groups is 1. The summed E-state index contributed by atoms with van der Waals surface area (Å²) in [4.78, 5) is 12.9. The number of rotatable bonds is 3. The molecule has 3 atom stereocenters. The maximum Gasteiger partial charge on any atom is 0.144 e. The van der Waals surface area contributed by atoms with Gasteiger partial charge in [-0.15, -0.1) is 0 Å². The van der Waals surface area contributed by atoms with Gasteiger partial charge in [-0.2, -0.15) is 0 Å². The van der Waals surface area contributed by atoms with E-state index in [0.717, 1.165) is 12.0 Å². The van der Waals surface area contributed by atoms with Crippen LogP contribution in [-0.4, -0.2) is 14.5 Å². The molecule has 4 heteroatoms. The van der Waals surface area contributed by atoms with Crippen molar-refractivity contribution in [2.75, 3.05) is 0 Å². The van der Waals surface area contributed by atoms with Crippen LogP contribution in [0.4, 0.5) is 0 Å². The van der Waals surface area contributed by atoms with Crippen LogP contribution < -0.4 is 0 Å². The highest BCUT2D eigenvalue weighted by atomic mass is 32.2. The molecule has 3 unspecified atom stereocenters. The van der Waals surface area contributed by atoms with Crippen molar-refractivity contribution >= 4 is 22.9 Å². The number of hydrogen-bond acceptors (Lipinski definition) is 3. The Kier molecular flexibility index (Phi) is 3.41. The van der Waals surface area contributed by atoms with Crippen molar-refractivity contribution in [3.05, 3.63) is 40.8 Å². The molecule has 0 amide bonds. The number of ketones is 1. The van der Waals surface area contributed by atoms with Gasteiger partial charge in [-0.3, -0.25) is 9.00 Å². The van der Waals surface area contributed by atoms with Gasteiger partial charge >= 0.3 is 0 Å². The lowest BCUT2D eigenvalue weighted by molar-refractivity contribution is -0.126. The molecule has 3 nitrogen and oxygen atoms in total. The summed E-state index contributed by atoms with van der Waals surface area (Å²) in [5.74, 6) is 0.392. The lowest BCUT2D eigenvalue weighted by Crippen LogP contribution is -2.39. The van der Waals surface area contributed by atoms with Crippen LogP contribution in [-0.2, 0) is 15.9 Å². The average molecular weight is 303 g/mol. The lowest BCUT2D eigenvalue weighted by Gasteiger charge is -2.39. The summed E-state index contributed by atoms with van der Waals surface area (Å²) in [7, 11) is 0. The minimum atomic E-state index is -2.38. The molecule has 1 aromatic carbocycles. The van der Waals surface area contributed by atoms with Gasteiger partial charge in [0, 0.05) is 11.3 Å². The van der Waals surface area contributed by atoms with Crippen molar-refractivity contribution in [3.63, 3.8) is 0 Å². The second-order valence-electron chi connectivity index (χ2n) is 6.64. The van der Waals surface area contributed by atoms with Crippen LogP contribution in [0.5, 0.6) is 0 Å². The minimum absolute atomic E-state index is 0.0927. The molecule has 2 aliphatic carbocycles. The first-order valence-electron chi connectivity index (χ1n) is 7.29. The van der Waals surface area contributed by atoms with E-state index in [1.54, 1.807) is 6.08 Å². The molecule has 2 saturated carbocycles. The normalized spacial score (nSPS) is 32.4. The molecule has 2 fully saturated rings. The largest absolute Gasteiger partial charge is 0.769 e. The third-order valence-electron chi connectivity index (χ3n) is 5.59. The number of carbonyl (C=O) groups excluding carboxylic acids is 1. The average Bonchev–Trinajstić information content (AvgIpc) is 2.80. The van der Waals surface area contributed by atoms with E-state index in [4.69, 9.17) is 0 Å². The Morgan fingerprint density at radius 1 is 1.33 bits per heavy atom. The zero-order chi connectivity index (χ0) is 15.3. The van der Waals surface area contributed by atoms with Crippen LogP contribution in [0.25, 0.3) is 6.08 Å². The van der Waals surface area contributed by atoms with Crippen LogP contribution in [0.3, 0.4) is 0 Å². The third kappa shape index (κ3) is 1.96. The lowest BCUT2D eigenvalue weighted by atomic mass is 9.68. The van der Waals surface area contributed by atoms with Gasteiger partial charge in [-0.1, -0.05) is 44.2 Å². The summed E-state index contributed by atoms with van der Waals surface area (Å²) in [6.07, 6.45) is 3.77. The standard InChI is InChI=1S/C17H20O3S/c1-16(2)13-8-9-17(16,14(18)11-13)15(21(19)20)10-12-6-4-3-5-7-12/h3-7,10,13H,8-9,11H2,1-2H3,(H,19,20)/p-1. The fourth-order valence-corrected chi connectivity index (χ4v) is 5.26. The molecule has 0 spiro atoms. The van der Waals surface area contributed by atoms with Crippen LogP contribution >= 0.6 is 0 Å². The second kappa shape index (κ2) is 4.89. The van der Waals surface area contributed by atoms with Crippen molar-refractivity contribution in [1.82, 2.24) is 0 Å². The molecule has 21 heavy (non-hydrogen) atoms. The van der Waals surface area contributed by atoms with E-state index in [9.17, 15) is 13.6 Å². The van der Waals surface area contributed by atoms with Crippen molar-refractivity contribution in [1.29, 1.82) is 0 Å². The third-order valence-corrected chi connectivity index (χ3v) is 6.42. The number of hydrogen-bond donors (Lipinski definition) is 0. The molecule has 0 radical (unpaired) electrons. The predicted octanol–water partition coefficient (Wildman–Crippen LogP) is 3.30. The SMILES string of the molecule is CC1(C)C2CCC1(C(=Cc1ccccc1)S(=O)[O-])C(=O)C2. The molecule has 1 aromatic rings. The van der Waals surface area contributed by atoms with Gasteiger partial charge in [0.25, 0.3) is 0 Å². The number of Topliss-reactive ketones (excluding diaryl/α,β-unsaturated/α-hetero) is 1. The van der Waals surface area contributed by atoms with Gasteiger partial charge in [-0.25, -0.2) is 0 Å². The van der Waals surface area contributed by atoms with E-state index < -0.39 is 16.5 Å². The van der Waals surface area contributed by atoms with E-state index in [0.29, 0.717) is 18.8 Å². The molecule has 0 aromatic heterocycles. The molecule has 2 aliphatic rings. The van der Waals surface area contributed by atoms with E-state index in [1.807, 2.05) is 44.2 Å². The number of benzene rings is 1. The zero-order valence-corrected chi connectivity index (χ0v) is 13.1. The molecule has 112 valence electrons. The molecule has 0 heterocycles. The van der Waals surface area contributed by atoms with Gasteiger partial charge in [0.15, 0.2) is 0 Å². The van der Waals surface area contributed by atoms with Crippen LogP contribution in [0.2, 0.25) is 0 Å². The maximum absolute atomic E-state index is 12.6. The molecular formula is C17H19O3S-. The van der Waals surface area contributed by atoms with Crippen molar-refractivity contribution < 1.29 is 13.6 Å². The first kappa shape index (κ1) is 14.7. The number of fused-ring (bicyclic) bond motifs is 2. The van der Waals surface area contributed by atoms with Crippen molar-refractivity contribution in [2.24, 2.45) is 16.7 Å². The Labute approximate surface area is 127 Å². The van der Waals surface area contributed by atoms with Crippen LogP contribution in [0.15, 0.2) is 35.2 Å². The monoisotopic (exact) mass is 303 g/mol. The molecular weight excluding hydrogens is 284 g/mol. The minimum Gasteiger partial charge on any atom is -0.769 e. The zero-order valence-electron chi connectivity index (χ0n) is 12.3. The predicted molar refractivity (Wildman–Crippen MR) is 81.9 cm³/mol. The van der Waals surface area contributed by atoms with Gasteiger partial charge in [0.05, 0.1) is 5.41 Å². The second-order valence-corrected chi connectivity index (χ2v) is 7.55.